The molecule has 0 bridgehead atoms. The van der Waals surface area contributed by atoms with Crippen LogP contribution in [0.4, 0.5) is 0 Å². The molecule has 11 nitrogen and oxygen atoms in total. The quantitative estimate of drug-likeness (QED) is 0.336. The van der Waals surface area contributed by atoms with Crippen molar-refractivity contribution in [3.05, 3.63) is 72.6 Å². The minimum absolute atomic E-state index is 0.0648. The largest absolute Gasteiger partial charge is 0.497 e. The van der Waals surface area contributed by atoms with E-state index < -0.39 is 6.04 Å². The molecule has 3 aromatic heterocycles. The fourth-order valence-corrected chi connectivity index (χ4v) is 4.67. The second-order valence-corrected chi connectivity index (χ2v) is 9.23. The number of hydrogen-bond donors (Lipinski definition) is 1. The number of carbonyl (C=O) groups excluding carboxylic acids is 2. The fourth-order valence-electron chi connectivity index (χ4n) is 4.67. The first-order chi connectivity index (χ1) is 18.6. The summed E-state index contributed by atoms with van der Waals surface area (Å²) in [4.78, 5) is 30.0. The number of methoxy groups -OCH3 is 1. The molecule has 1 aliphatic rings. The van der Waals surface area contributed by atoms with Gasteiger partial charge < -0.3 is 23.8 Å². The number of nitrogens with zero attached hydrogens (tertiary/aromatic N) is 5. The summed E-state index contributed by atoms with van der Waals surface area (Å²) in [5, 5.41) is 15.7. The standard InChI is InChI=1S/C27H30N6O5/c1-36-21-13-11-19(12-14-21)26-29-31-33(30-26)18-24(34)32(17-22-9-5-15-37-22)25(23-10-6-16-38-23)27(35)28-20-7-3-2-4-8-20/h5-6,9-16,20,25H,2-4,7-8,17-18H2,1H3,(H,28,35)/t25-/m1/s1. The van der Waals surface area contributed by atoms with Crippen LogP contribution in [0.3, 0.4) is 0 Å². The van der Waals surface area contributed by atoms with E-state index in [9.17, 15) is 9.59 Å². The molecule has 0 aliphatic heterocycles. The summed E-state index contributed by atoms with van der Waals surface area (Å²) in [6.07, 6.45) is 8.16. The lowest BCUT2D eigenvalue weighted by Crippen LogP contribution is -2.47. The summed E-state index contributed by atoms with van der Waals surface area (Å²) in [6.45, 7) is -0.160. The highest BCUT2D eigenvalue weighted by atomic mass is 16.5. The Labute approximate surface area is 219 Å². The van der Waals surface area contributed by atoms with Crippen LogP contribution in [0.5, 0.6) is 5.75 Å². The predicted octanol–water partition coefficient (Wildman–Crippen LogP) is 3.75. The zero-order valence-corrected chi connectivity index (χ0v) is 21.2. The number of rotatable bonds is 10. The van der Waals surface area contributed by atoms with Crippen molar-refractivity contribution in [3.8, 4) is 17.1 Å². The Bertz CT molecular complexity index is 1310. The van der Waals surface area contributed by atoms with Gasteiger partial charge in [-0.2, -0.15) is 4.80 Å². The van der Waals surface area contributed by atoms with Crippen LogP contribution in [0.2, 0.25) is 0 Å². The number of benzene rings is 1. The molecule has 1 saturated carbocycles. The molecular formula is C27H30N6O5. The summed E-state index contributed by atoms with van der Waals surface area (Å²) >= 11 is 0. The molecule has 2 amide bonds. The Hall–Kier alpha value is -4.41. The number of nitrogens with one attached hydrogen (secondary N) is 1. The Kier molecular flexibility index (Phi) is 7.81. The Morgan fingerprint density at radius 1 is 1.08 bits per heavy atom. The maximum atomic E-state index is 13.7. The molecule has 0 unspecified atom stereocenters. The van der Waals surface area contributed by atoms with E-state index in [1.165, 1.54) is 28.6 Å². The number of carbonyl (C=O) groups is 2. The molecule has 5 rings (SSSR count). The first-order valence-electron chi connectivity index (χ1n) is 12.7. The van der Waals surface area contributed by atoms with E-state index in [0.717, 1.165) is 31.2 Å². The molecule has 1 aliphatic carbocycles. The van der Waals surface area contributed by atoms with E-state index in [2.05, 4.69) is 20.7 Å². The van der Waals surface area contributed by atoms with Gasteiger partial charge in [0.2, 0.25) is 11.7 Å². The smallest absolute Gasteiger partial charge is 0.250 e. The SMILES string of the molecule is COc1ccc(-c2nnn(CC(=O)N(Cc3ccco3)[C@@H](C(=O)NC3CCCCC3)c3ccco3)n2)cc1. The second-order valence-electron chi connectivity index (χ2n) is 9.23. The summed E-state index contributed by atoms with van der Waals surface area (Å²) < 4.78 is 16.4. The fraction of sp³-hybridized carbons (Fsp3) is 0.370. The van der Waals surface area contributed by atoms with Gasteiger partial charge in [0.05, 0.1) is 26.2 Å². The molecular weight excluding hydrogens is 488 g/mol. The van der Waals surface area contributed by atoms with E-state index in [1.807, 2.05) is 12.1 Å². The van der Waals surface area contributed by atoms with Crippen LogP contribution in [0.15, 0.2) is 69.9 Å². The number of furan rings is 2. The third kappa shape index (κ3) is 5.93. The number of hydrogen-bond acceptors (Lipinski definition) is 8. The van der Waals surface area contributed by atoms with E-state index >= 15 is 0 Å². The Balaban J connectivity index is 1.39. The molecule has 0 saturated heterocycles. The predicted molar refractivity (Wildman–Crippen MR) is 136 cm³/mol. The van der Waals surface area contributed by atoms with Gasteiger partial charge in [0.25, 0.3) is 5.91 Å². The summed E-state index contributed by atoms with van der Waals surface area (Å²) in [7, 11) is 1.59. The zero-order valence-electron chi connectivity index (χ0n) is 21.2. The minimum Gasteiger partial charge on any atom is -0.497 e. The second kappa shape index (κ2) is 11.8. The molecule has 198 valence electrons. The van der Waals surface area contributed by atoms with Crippen molar-refractivity contribution in [2.45, 2.75) is 57.3 Å². The number of ether oxygens (including phenoxy) is 1. The highest BCUT2D eigenvalue weighted by Crippen LogP contribution is 2.27. The van der Waals surface area contributed by atoms with Crippen molar-refractivity contribution in [1.29, 1.82) is 0 Å². The zero-order chi connectivity index (χ0) is 26.3. The van der Waals surface area contributed by atoms with Crippen molar-refractivity contribution in [3.63, 3.8) is 0 Å². The van der Waals surface area contributed by atoms with Gasteiger partial charge in [-0.15, -0.1) is 10.2 Å². The van der Waals surface area contributed by atoms with E-state index in [4.69, 9.17) is 13.6 Å². The Morgan fingerprint density at radius 3 is 2.53 bits per heavy atom. The van der Waals surface area contributed by atoms with Crippen LogP contribution in [0.1, 0.15) is 49.7 Å². The average Bonchev–Trinajstić information content (AvgIpc) is 3.73. The van der Waals surface area contributed by atoms with Gasteiger partial charge in [-0.05, 0) is 66.6 Å². The van der Waals surface area contributed by atoms with Crippen LogP contribution < -0.4 is 10.1 Å². The molecule has 3 heterocycles. The van der Waals surface area contributed by atoms with Crippen LogP contribution in [0.25, 0.3) is 11.4 Å². The van der Waals surface area contributed by atoms with Crippen molar-refractivity contribution in [2.24, 2.45) is 0 Å². The number of tetrazole rings is 1. The highest BCUT2D eigenvalue weighted by Gasteiger charge is 2.35. The van der Waals surface area contributed by atoms with Crippen LogP contribution in [-0.2, 0) is 22.7 Å². The lowest BCUT2D eigenvalue weighted by molar-refractivity contribution is -0.143. The van der Waals surface area contributed by atoms with E-state index in [1.54, 1.807) is 43.5 Å². The molecule has 11 heteroatoms. The molecule has 1 aromatic carbocycles. The summed E-state index contributed by atoms with van der Waals surface area (Å²) in [5.41, 5.74) is 0.734. The topological polar surface area (TPSA) is 129 Å². The number of amides is 2. The van der Waals surface area contributed by atoms with E-state index in [0.29, 0.717) is 23.1 Å². The highest BCUT2D eigenvalue weighted by molar-refractivity contribution is 5.88. The van der Waals surface area contributed by atoms with Gasteiger partial charge in [0.15, 0.2) is 6.04 Å². The van der Waals surface area contributed by atoms with Gasteiger partial charge in [-0.1, -0.05) is 19.3 Å². The molecule has 1 N–H and O–H groups in total. The first-order valence-corrected chi connectivity index (χ1v) is 12.7. The molecule has 0 radical (unpaired) electrons. The third-order valence-corrected chi connectivity index (χ3v) is 6.63. The van der Waals surface area contributed by atoms with Gasteiger partial charge in [0.1, 0.15) is 23.8 Å². The van der Waals surface area contributed by atoms with Crippen LogP contribution >= 0.6 is 0 Å². The minimum atomic E-state index is -0.992. The lowest BCUT2D eigenvalue weighted by atomic mass is 9.95. The molecule has 38 heavy (non-hydrogen) atoms. The maximum absolute atomic E-state index is 13.7. The van der Waals surface area contributed by atoms with Crippen LogP contribution in [0, 0.1) is 0 Å². The molecule has 1 atom stereocenters. The van der Waals surface area contributed by atoms with Crippen LogP contribution in [-0.4, -0.2) is 50.1 Å². The number of aromatic nitrogens is 4. The first kappa shape index (κ1) is 25.2. The van der Waals surface area contributed by atoms with Crippen molar-refractivity contribution < 1.29 is 23.2 Å². The molecule has 4 aromatic rings. The summed E-state index contributed by atoms with van der Waals surface area (Å²) in [5.74, 6) is 1.29. The van der Waals surface area contributed by atoms with E-state index in [-0.39, 0.29) is 30.9 Å². The van der Waals surface area contributed by atoms with Gasteiger partial charge >= 0.3 is 0 Å². The van der Waals surface area contributed by atoms with Gasteiger partial charge in [0, 0.05) is 11.6 Å². The molecule has 0 spiro atoms. The Morgan fingerprint density at radius 2 is 1.84 bits per heavy atom. The monoisotopic (exact) mass is 518 g/mol. The lowest BCUT2D eigenvalue weighted by Gasteiger charge is -2.31. The maximum Gasteiger partial charge on any atom is 0.250 e. The van der Waals surface area contributed by atoms with Crippen molar-refractivity contribution in [2.75, 3.05) is 7.11 Å². The van der Waals surface area contributed by atoms with Crippen molar-refractivity contribution >= 4 is 11.8 Å². The summed E-state index contributed by atoms with van der Waals surface area (Å²) in [6, 6.07) is 13.2. The van der Waals surface area contributed by atoms with Gasteiger partial charge in [-0.25, -0.2) is 0 Å². The molecule has 1 fully saturated rings. The normalized spacial score (nSPS) is 14.7. The third-order valence-electron chi connectivity index (χ3n) is 6.63. The van der Waals surface area contributed by atoms with Crippen molar-refractivity contribution in [1.82, 2.24) is 30.4 Å². The average molecular weight is 519 g/mol. The van der Waals surface area contributed by atoms with Gasteiger partial charge in [-0.3, -0.25) is 9.59 Å².